The highest BCUT2D eigenvalue weighted by Gasteiger charge is 2.20. The summed E-state index contributed by atoms with van der Waals surface area (Å²) in [5.74, 6) is 4.52. The number of aromatic nitrogens is 2. The Bertz CT molecular complexity index is 822. The second-order valence-electron chi connectivity index (χ2n) is 3.85. The molecule has 0 saturated carbocycles. The van der Waals surface area contributed by atoms with Gasteiger partial charge in [-0.25, -0.2) is 17.8 Å². The van der Waals surface area contributed by atoms with E-state index in [1.165, 1.54) is 0 Å². The summed E-state index contributed by atoms with van der Waals surface area (Å²) in [7, 11) is -3.97. The van der Waals surface area contributed by atoms with E-state index >= 15 is 0 Å². The smallest absolute Gasteiger partial charge is 0.264 e. The Kier molecular flexibility index (Phi) is 4.52. The van der Waals surface area contributed by atoms with Gasteiger partial charge in [-0.1, -0.05) is 11.8 Å². The second-order valence-corrected chi connectivity index (χ2v) is 6.26. The van der Waals surface area contributed by atoms with Crippen LogP contribution in [0.25, 0.3) is 0 Å². The molecular formula is C12H10FN3O3S2. The van der Waals surface area contributed by atoms with Crippen molar-refractivity contribution >= 4 is 26.7 Å². The fourth-order valence-electron chi connectivity index (χ4n) is 1.48. The molecule has 0 spiro atoms. The zero-order valence-electron chi connectivity index (χ0n) is 10.8. The molecule has 2 aromatic rings. The van der Waals surface area contributed by atoms with Gasteiger partial charge >= 0.3 is 0 Å². The molecule has 0 aliphatic carbocycles. The Balaban J connectivity index is 2.44. The number of anilines is 1. The second kappa shape index (κ2) is 6.17. The summed E-state index contributed by atoms with van der Waals surface area (Å²) in [5.41, 5.74) is -0.0437. The van der Waals surface area contributed by atoms with Gasteiger partial charge in [-0.15, -0.1) is 0 Å². The Morgan fingerprint density at radius 2 is 2.24 bits per heavy atom. The molecule has 21 heavy (non-hydrogen) atoms. The topological polar surface area (TPSA) is 92.2 Å². The van der Waals surface area contributed by atoms with E-state index in [0.717, 1.165) is 29.7 Å². The van der Waals surface area contributed by atoms with Gasteiger partial charge in [-0.05, 0) is 25.1 Å². The van der Waals surface area contributed by atoms with E-state index in [4.69, 9.17) is 5.11 Å². The predicted molar refractivity (Wildman–Crippen MR) is 75.8 cm³/mol. The van der Waals surface area contributed by atoms with Gasteiger partial charge in [0.2, 0.25) is 5.13 Å². The van der Waals surface area contributed by atoms with E-state index in [0.29, 0.717) is 5.82 Å². The average molecular weight is 327 g/mol. The number of sulfonamides is 1. The first-order valence-corrected chi connectivity index (χ1v) is 7.90. The summed E-state index contributed by atoms with van der Waals surface area (Å²) >= 11 is 0.896. The Hall–Kier alpha value is -2.02. The molecule has 2 rings (SSSR count). The van der Waals surface area contributed by atoms with Crippen molar-refractivity contribution in [3.8, 4) is 11.8 Å². The largest absolute Gasteiger partial charge is 0.384 e. The Labute approximate surface area is 124 Å². The van der Waals surface area contributed by atoms with Gasteiger partial charge in [-0.3, -0.25) is 4.72 Å². The van der Waals surface area contributed by atoms with Crippen molar-refractivity contribution in [1.29, 1.82) is 0 Å². The molecule has 0 amide bonds. The van der Waals surface area contributed by atoms with E-state index in [1.807, 2.05) is 0 Å². The van der Waals surface area contributed by atoms with Crippen molar-refractivity contribution < 1.29 is 17.9 Å². The minimum atomic E-state index is -3.97. The molecule has 110 valence electrons. The van der Waals surface area contributed by atoms with E-state index in [1.54, 1.807) is 6.92 Å². The molecule has 0 unspecified atom stereocenters. The number of rotatable bonds is 3. The molecule has 0 bridgehead atoms. The number of aliphatic hydroxyl groups is 1. The highest BCUT2D eigenvalue weighted by atomic mass is 32.2. The van der Waals surface area contributed by atoms with Gasteiger partial charge < -0.3 is 5.11 Å². The molecule has 0 atom stereocenters. The molecule has 0 radical (unpaired) electrons. The molecule has 0 fully saturated rings. The molecular weight excluding hydrogens is 317 g/mol. The number of hydrogen-bond acceptors (Lipinski definition) is 6. The van der Waals surface area contributed by atoms with Crippen LogP contribution in [0.3, 0.4) is 0 Å². The van der Waals surface area contributed by atoms with E-state index < -0.39 is 22.4 Å². The van der Waals surface area contributed by atoms with Gasteiger partial charge in [0.25, 0.3) is 10.0 Å². The SMILES string of the molecule is Cc1nsc(NS(=O)(=O)c2ccc(F)cc2C#CCO)n1. The summed E-state index contributed by atoms with van der Waals surface area (Å²) in [6.45, 7) is 1.17. The van der Waals surface area contributed by atoms with Gasteiger partial charge in [-0.2, -0.15) is 4.37 Å². The lowest BCUT2D eigenvalue weighted by Gasteiger charge is -2.07. The molecule has 1 heterocycles. The molecule has 1 aromatic heterocycles. The minimum Gasteiger partial charge on any atom is -0.384 e. The maximum absolute atomic E-state index is 13.2. The van der Waals surface area contributed by atoms with Crippen LogP contribution in [-0.4, -0.2) is 29.5 Å². The van der Waals surface area contributed by atoms with Crippen molar-refractivity contribution in [1.82, 2.24) is 9.36 Å². The first-order valence-electron chi connectivity index (χ1n) is 5.65. The summed E-state index contributed by atoms with van der Waals surface area (Å²) in [6, 6.07) is 3.11. The van der Waals surface area contributed by atoms with Crippen molar-refractivity contribution in [2.45, 2.75) is 11.8 Å². The molecule has 6 nitrogen and oxygen atoms in total. The normalized spacial score (nSPS) is 10.8. The zero-order valence-corrected chi connectivity index (χ0v) is 12.4. The number of hydrogen-bond donors (Lipinski definition) is 2. The first-order chi connectivity index (χ1) is 9.92. The van der Waals surface area contributed by atoms with E-state index in [9.17, 15) is 12.8 Å². The number of aryl methyl sites for hydroxylation is 1. The van der Waals surface area contributed by atoms with Crippen LogP contribution in [0.2, 0.25) is 0 Å². The molecule has 0 aliphatic heterocycles. The standard InChI is InChI=1S/C12H10FN3O3S2/c1-8-14-12(20-15-8)16-21(18,19)11-5-4-10(13)7-9(11)3-2-6-17/h4-5,7,17H,6H2,1H3,(H,14,15,16). The van der Waals surface area contributed by atoms with Crippen molar-refractivity contribution in [3.05, 3.63) is 35.4 Å². The fraction of sp³-hybridized carbons (Fsp3) is 0.167. The highest BCUT2D eigenvalue weighted by molar-refractivity contribution is 7.93. The lowest BCUT2D eigenvalue weighted by atomic mass is 10.2. The van der Waals surface area contributed by atoms with Crippen LogP contribution in [0.15, 0.2) is 23.1 Å². The predicted octanol–water partition coefficient (Wildman–Crippen LogP) is 1.13. The van der Waals surface area contributed by atoms with Crippen LogP contribution < -0.4 is 4.72 Å². The lowest BCUT2D eigenvalue weighted by Crippen LogP contribution is -2.14. The van der Waals surface area contributed by atoms with Crippen molar-refractivity contribution in [3.63, 3.8) is 0 Å². The number of benzene rings is 1. The minimum absolute atomic E-state index is 0.0437. The number of halogens is 1. The van der Waals surface area contributed by atoms with Gasteiger partial charge in [0.15, 0.2) is 0 Å². The van der Waals surface area contributed by atoms with Crippen LogP contribution in [0.5, 0.6) is 0 Å². The summed E-state index contributed by atoms with van der Waals surface area (Å²) in [5, 5.41) is 8.79. The third-order valence-corrected chi connectivity index (χ3v) is 4.53. The number of aliphatic hydroxyl groups excluding tert-OH is 1. The first kappa shape index (κ1) is 15.4. The van der Waals surface area contributed by atoms with E-state index in [2.05, 4.69) is 25.9 Å². The van der Waals surface area contributed by atoms with Gasteiger partial charge in [0, 0.05) is 17.1 Å². The molecule has 9 heteroatoms. The van der Waals surface area contributed by atoms with Gasteiger partial charge in [0.05, 0.1) is 0 Å². The quantitative estimate of drug-likeness (QED) is 0.825. The number of nitrogens with zero attached hydrogens (tertiary/aromatic N) is 2. The van der Waals surface area contributed by atoms with Crippen molar-refractivity contribution in [2.75, 3.05) is 11.3 Å². The lowest BCUT2D eigenvalue weighted by molar-refractivity contribution is 0.350. The van der Waals surface area contributed by atoms with Crippen LogP contribution in [-0.2, 0) is 10.0 Å². The van der Waals surface area contributed by atoms with Crippen molar-refractivity contribution in [2.24, 2.45) is 0 Å². The summed E-state index contributed by atoms with van der Waals surface area (Å²) in [6.07, 6.45) is 0. The molecule has 2 N–H and O–H groups in total. The zero-order chi connectivity index (χ0) is 15.5. The molecule has 0 aliphatic rings. The molecule has 0 saturated heterocycles. The Morgan fingerprint density at radius 1 is 1.48 bits per heavy atom. The van der Waals surface area contributed by atoms with Crippen LogP contribution in [0, 0.1) is 24.6 Å². The fourth-order valence-corrected chi connectivity index (χ4v) is 3.42. The molecule has 1 aromatic carbocycles. The monoisotopic (exact) mass is 327 g/mol. The third kappa shape index (κ3) is 3.75. The third-order valence-electron chi connectivity index (χ3n) is 2.28. The summed E-state index contributed by atoms with van der Waals surface area (Å²) < 4.78 is 43.9. The van der Waals surface area contributed by atoms with Crippen LogP contribution in [0.1, 0.15) is 11.4 Å². The summed E-state index contributed by atoms with van der Waals surface area (Å²) in [4.78, 5) is 3.70. The van der Waals surface area contributed by atoms with Gasteiger partial charge in [0.1, 0.15) is 23.1 Å². The number of nitrogens with one attached hydrogen (secondary N) is 1. The average Bonchev–Trinajstić information content (AvgIpc) is 2.80. The Morgan fingerprint density at radius 3 is 2.86 bits per heavy atom. The maximum atomic E-state index is 13.2. The van der Waals surface area contributed by atoms with Crippen LogP contribution >= 0.6 is 11.5 Å². The maximum Gasteiger partial charge on any atom is 0.264 e. The van der Waals surface area contributed by atoms with E-state index in [-0.39, 0.29) is 15.6 Å². The highest BCUT2D eigenvalue weighted by Crippen LogP contribution is 2.21. The van der Waals surface area contributed by atoms with Crippen LogP contribution in [0.4, 0.5) is 9.52 Å².